The molecule has 1 saturated heterocycles. The third kappa shape index (κ3) is 8.44. The monoisotopic (exact) mass is 453 g/mol. The van der Waals surface area contributed by atoms with E-state index in [-0.39, 0.29) is 0 Å². The summed E-state index contributed by atoms with van der Waals surface area (Å²) in [6.45, 7) is 13.4. The van der Waals surface area contributed by atoms with Gasteiger partial charge in [-0.05, 0) is 69.1 Å². The Morgan fingerprint density at radius 3 is 2.33 bits per heavy atom. The zero-order chi connectivity index (χ0) is 23.6. The van der Waals surface area contributed by atoms with Crippen LogP contribution in [0.15, 0.2) is 35.9 Å². The van der Waals surface area contributed by atoms with Gasteiger partial charge in [-0.1, -0.05) is 76.2 Å². The fourth-order valence-corrected chi connectivity index (χ4v) is 5.64. The van der Waals surface area contributed by atoms with Crippen molar-refractivity contribution in [3.05, 3.63) is 41.5 Å². The number of rotatable bonds is 11. The molecule has 1 aliphatic heterocycles. The van der Waals surface area contributed by atoms with Crippen LogP contribution in [0, 0.1) is 11.8 Å². The van der Waals surface area contributed by atoms with Crippen molar-refractivity contribution in [2.24, 2.45) is 17.6 Å². The molecule has 0 spiro atoms. The maximum Gasteiger partial charge on any atom is 0.0371 e. The van der Waals surface area contributed by atoms with Gasteiger partial charge in [0.15, 0.2) is 0 Å². The molecule has 0 amide bonds. The number of allylic oxidation sites excluding steroid dienone is 1. The molecule has 186 valence electrons. The van der Waals surface area contributed by atoms with Gasteiger partial charge in [0.1, 0.15) is 0 Å². The Labute approximate surface area is 204 Å². The van der Waals surface area contributed by atoms with E-state index >= 15 is 0 Å². The number of anilines is 1. The van der Waals surface area contributed by atoms with E-state index in [4.69, 9.17) is 5.73 Å². The first kappa shape index (κ1) is 26.3. The largest absolute Gasteiger partial charge is 0.365 e. The number of nitrogens with zero attached hydrogens (tertiary/aromatic N) is 2. The second-order valence-corrected chi connectivity index (χ2v) is 11.2. The van der Waals surface area contributed by atoms with Crippen LogP contribution in [0.2, 0.25) is 0 Å². The van der Waals surface area contributed by atoms with Gasteiger partial charge in [0.25, 0.3) is 0 Å². The summed E-state index contributed by atoms with van der Waals surface area (Å²) in [5.41, 5.74) is 10.8. The van der Waals surface area contributed by atoms with E-state index in [1.807, 2.05) is 0 Å². The Hall–Kier alpha value is -1.32. The van der Waals surface area contributed by atoms with Crippen LogP contribution in [0.1, 0.15) is 91.0 Å². The van der Waals surface area contributed by atoms with Crippen molar-refractivity contribution >= 4 is 5.69 Å². The highest BCUT2D eigenvalue weighted by atomic mass is 15.2. The van der Waals surface area contributed by atoms with Gasteiger partial charge in [0, 0.05) is 44.0 Å². The van der Waals surface area contributed by atoms with Crippen LogP contribution in [-0.2, 0) is 6.42 Å². The molecule has 1 aromatic rings. The van der Waals surface area contributed by atoms with E-state index in [1.54, 1.807) is 0 Å². The second-order valence-electron chi connectivity index (χ2n) is 11.2. The molecule has 33 heavy (non-hydrogen) atoms. The van der Waals surface area contributed by atoms with Crippen molar-refractivity contribution in [3.8, 4) is 0 Å². The molecular formula is C30H51N3. The first-order chi connectivity index (χ1) is 16.0. The van der Waals surface area contributed by atoms with Gasteiger partial charge in [-0.3, -0.25) is 0 Å². The number of piperidine rings is 1. The molecule has 2 atom stereocenters. The van der Waals surface area contributed by atoms with Gasteiger partial charge in [0.2, 0.25) is 0 Å². The highest BCUT2D eigenvalue weighted by Crippen LogP contribution is 2.29. The van der Waals surface area contributed by atoms with Gasteiger partial charge in [-0.2, -0.15) is 0 Å². The minimum Gasteiger partial charge on any atom is -0.365 e. The number of hydrogen-bond acceptors (Lipinski definition) is 3. The maximum absolute atomic E-state index is 6.45. The normalized spacial score (nSPS) is 20.4. The lowest BCUT2D eigenvalue weighted by atomic mass is 9.85. The predicted octanol–water partition coefficient (Wildman–Crippen LogP) is 6.81. The molecule has 0 aromatic heterocycles. The minimum absolute atomic E-state index is 0.300. The summed E-state index contributed by atoms with van der Waals surface area (Å²) in [6, 6.07) is 10.5. The summed E-state index contributed by atoms with van der Waals surface area (Å²) in [7, 11) is 0. The Morgan fingerprint density at radius 1 is 1.06 bits per heavy atom. The van der Waals surface area contributed by atoms with Crippen molar-refractivity contribution in [2.45, 2.75) is 104 Å². The third-order valence-electron chi connectivity index (χ3n) is 8.37. The second kappa shape index (κ2) is 13.5. The number of hydrogen-bond donors (Lipinski definition) is 1. The van der Waals surface area contributed by atoms with Gasteiger partial charge in [-0.25, -0.2) is 0 Å². The molecule has 1 heterocycles. The number of nitrogens with two attached hydrogens (primary N) is 1. The van der Waals surface area contributed by atoms with Gasteiger partial charge < -0.3 is 15.5 Å². The number of likely N-dealkylation sites (tertiary alicyclic amines) is 1. The molecule has 3 nitrogen and oxygen atoms in total. The zero-order valence-corrected chi connectivity index (χ0v) is 22.1. The lowest BCUT2D eigenvalue weighted by Gasteiger charge is -2.40. The average molecular weight is 454 g/mol. The Bertz CT molecular complexity index is 692. The number of aryl methyl sites for hydroxylation is 1. The summed E-state index contributed by atoms with van der Waals surface area (Å²) in [5.74, 6) is 1.57. The van der Waals surface area contributed by atoms with Crippen LogP contribution >= 0.6 is 0 Å². The van der Waals surface area contributed by atoms with E-state index in [9.17, 15) is 0 Å². The maximum atomic E-state index is 6.45. The fraction of sp³-hybridized carbons (Fsp3) is 0.733. The van der Waals surface area contributed by atoms with E-state index in [1.165, 1.54) is 94.1 Å². The van der Waals surface area contributed by atoms with Crippen LogP contribution < -0.4 is 10.6 Å². The highest BCUT2D eigenvalue weighted by molar-refractivity contribution is 5.49. The third-order valence-corrected chi connectivity index (χ3v) is 8.37. The summed E-state index contributed by atoms with van der Waals surface area (Å²) in [4.78, 5) is 5.25. The molecule has 3 rings (SSSR count). The van der Waals surface area contributed by atoms with Gasteiger partial charge >= 0.3 is 0 Å². The van der Waals surface area contributed by atoms with Crippen LogP contribution in [0.3, 0.4) is 0 Å². The lowest BCUT2D eigenvalue weighted by molar-refractivity contribution is 0.184. The highest BCUT2D eigenvalue weighted by Gasteiger charge is 2.26. The molecule has 1 saturated carbocycles. The van der Waals surface area contributed by atoms with E-state index in [0.29, 0.717) is 18.0 Å². The van der Waals surface area contributed by atoms with E-state index in [0.717, 1.165) is 19.0 Å². The molecule has 2 N–H and O–H groups in total. The van der Waals surface area contributed by atoms with Gasteiger partial charge in [0.05, 0.1) is 0 Å². The lowest BCUT2D eigenvalue weighted by Crippen LogP contribution is -2.49. The topological polar surface area (TPSA) is 32.5 Å². The molecule has 2 fully saturated rings. The Balaban J connectivity index is 1.57. The average Bonchev–Trinajstić information content (AvgIpc) is 2.84. The molecular weight excluding hydrogens is 402 g/mol. The quantitative estimate of drug-likeness (QED) is 0.374. The Morgan fingerprint density at radius 2 is 1.73 bits per heavy atom. The molecule has 1 aliphatic carbocycles. The van der Waals surface area contributed by atoms with Crippen molar-refractivity contribution in [1.82, 2.24) is 4.90 Å². The first-order valence-corrected chi connectivity index (χ1v) is 13.9. The van der Waals surface area contributed by atoms with Crippen molar-refractivity contribution in [2.75, 3.05) is 31.1 Å². The SMILES string of the molecule is CCC(C)C(N)CN1CCC(N(CC=C(C)C)c2ccc(CCC3CCCCC3)cc2)CC1. The van der Waals surface area contributed by atoms with Crippen LogP contribution in [0.4, 0.5) is 5.69 Å². The number of benzene rings is 1. The molecule has 0 radical (unpaired) electrons. The first-order valence-electron chi connectivity index (χ1n) is 13.9. The molecule has 3 heteroatoms. The van der Waals surface area contributed by atoms with Gasteiger partial charge in [-0.15, -0.1) is 0 Å². The van der Waals surface area contributed by atoms with Crippen LogP contribution in [-0.4, -0.2) is 43.2 Å². The summed E-state index contributed by atoms with van der Waals surface area (Å²) in [5, 5.41) is 0. The van der Waals surface area contributed by atoms with Crippen LogP contribution in [0.25, 0.3) is 0 Å². The summed E-state index contributed by atoms with van der Waals surface area (Å²) >= 11 is 0. The fourth-order valence-electron chi connectivity index (χ4n) is 5.64. The Kier molecular flexibility index (Phi) is 10.8. The standard InChI is InChI=1S/C30H51N3/c1-5-25(4)30(31)23-32-20-18-29(19-21-32)33(22-17-24(2)3)28-15-13-27(14-16-28)12-11-26-9-7-6-8-10-26/h13-17,25-26,29-30H,5-12,18-23,31H2,1-4H3. The van der Waals surface area contributed by atoms with Crippen LogP contribution in [0.5, 0.6) is 0 Å². The molecule has 0 bridgehead atoms. The minimum atomic E-state index is 0.300. The molecule has 2 unspecified atom stereocenters. The van der Waals surface area contributed by atoms with Crippen molar-refractivity contribution in [3.63, 3.8) is 0 Å². The summed E-state index contributed by atoms with van der Waals surface area (Å²) in [6.07, 6.45) is 15.9. The summed E-state index contributed by atoms with van der Waals surface area (Å²) < 4.78 is 0. The zero-order valence-electron chi connectivity index (χ0n) is 22.1. The molecule has 2 aliphatic rings. The van der Waals surface area contributed by atoms with E-state index in [2.05, 4.69) is 67.8 Å². The predicted molar refractivity (Wildman–Crippen MR) is 145 cm³/mol. The molecule has 1 aromatic carbocycles. The van der Waals surface area contributed by atoms with Crippen molar-refractivity contribution < 1.29 is 0 Å². The smallest absolute Gasteiger partial charge is 0.0371 e. The van der Waals surface area contributed by atoms with E-state index < -0.39 is 0 Å². The van der Waals surface area contributed by atoms with Crippen molar-refractivity contribution in [1.29, 1.82) is 0 Å².